The molecule has 4 nitrogen and oxygen atoms in total. The molecule has 1 aromatic rings. The highest BCUT2D eigenvalue weighted by Crippen LogP contribution is 2.33. The molecule has 0 radical (unpaired) electrons. The van der Waals surface area contributed by atoms with Crippen molar-refractivity contribution in [3.63, 3.8) is 0 Å². The fraction of sp³-hybridized carbons (Fsp3) is 0.571. The van der Waals surface area contributed by atoms with Crippen molar-refractivity contribution < 1.29 is 9.53 Å². The monoisotopic (exact) mass is 282 g/mol. The zero-order valence-corrected chi connectivity index (χ0v) is 12.5. The van der Waals surface area contributed by atoms with Crippen molar-refractivity contribution in [2.45, 2.75) is 45.8 Å². The number of aromatic nitrogens is 1. The number of nitrogens with zero attached hydrogens (tertiary/aromatic N) is 2. The average molecular weight is 283 g/mol. The number of fused-ring (bicyclic) bond motifs is 1. The molecule has 1 aliphatic rings. The summed E-state index contributed by atoms with van der Waals surface area (Å²) in [7, 11) is 0. The first-order chi connectivity index (χ1) is 8.79. The molecular formula is C14H19ClN2O2. The molecule has 0 bridgehead atoms. The molecule has 0 saturated carbocycles. The van der Waals surface area contributed by atoms with Gasteiger partial charge in [-0.1, -0.05) is 11.6 Å². The second-order valence-corrected chi connectivity index (χ2v) is 6.13. The summed E-state index contributed by atoms with van der Waals surface area (Å²) in [4.78, 5) is 18.0. The number of pyridine rings is 1. The van der Waals surface area contributed by atoms with Crippen molar-refractivity contribution in [1.29, 1.82) is 0 Å². The number of halogens is 1. The predicted octanol–water partition coefficient (Wildman–Crippen LogP) is 3.59. The highest BCUT2D eigenvalue weighted by molar-refractivity contribution is 6.30. The van der Waals surface area contributed by atoms with Gasteiger partial charge in [0, 0.05) is 12.7 Å². The van der Waals surface area contributed by atoms with Crippen LogP contribution in [0, 0.1) is 0 Å². The van der Waals surface area contributed by atoms with Gasteiger partial charge in [-0.05, 0) is 51.3 Å². The van der Waals surface area contributed by atoms with Crippen LogP contribution in [0.2, 0.25) is 5.15 Å². The highest BCUT2D eigenvalue weighted by atomic mass is 35.5. The minimum atomic E-state index is -0.479. The van der Waals surface area contributed by atoms with E-state index < -0.39 is 5.60 Å². The molecule has 2 rings (SSSR count). The van der Waals surface area contributed by atoms with Crippen molar-refractivity contribution >= 4 is 17.7 Å². The van der Waals surface area contributed by atoms with E-state index >= 15 is 0 Å². The first-order valence-corrected chi connectivity index (χ1v) is 6.80. The second kappa shape index (κ2) is 5.00. The third-order valence-corrected chi connectivity index (χ3v) is 3.51. The van der Waals surface area contributed by atoms with E-state index in [1.807, 2.05) is 33.8 Å². The summed E-state index contributed by atoms with van der Waals surface area (Å²) >= 11 is 6.10. The van der Waals surface area contributed by atoms with E-state index in [2.05, 4.69) is 4.98 Å². The van der Waals surface area contributed by atoms with Crippen molar-refractivity contribution in [1.82, 2.24) is 9.88 Å². The molecule has 5 heteroatoms. The van der Waals surface area contributed by atoms with Crippen molar-refractivity contribution in [3.05, 3.63) is 28.5 Å². The third kappa shape index (κ3) is 3.00. The van der Waals surface area contributed by atoms with Gasteiger partial charge in [0.25, 0.3) is 0 Å². The maximum absolute atomic E-state index is 12.2. The molecule has 1 unspecified atom stereocenters. The molecule has 19 heavy (non-hydrogen) atoms. The predicted molar refractivity (Wildman–Crippen MR) is 74.3 cm³/mol. The molecule has 0 fully saturated rings. The van der Waals surface area contributed by atoms with E-state index in [1.165, 1.54) is 0 Å². The molecule has 2 heterocycles. The van der Waals surface area contributed by atoms with E-state index in [9.17, 15) is 4.79 Å². The summed E-state index contributed by atoms with van der Waals surface area (Å²) in [6.45, 7) is 8.20. The van der Waals surface area contributed by atoms with E-state index in [-0.39, 0.29) is 12.1 Å². The molecule has 0 spiro atoms. The van der Waals surface area contributed by atoms with Gasteiger partial charge in [0.1, 0.15) is 10.8 Å². The fourth-order valence-electron chi connectivity index (χ4n) is 2.28. The number of rotatable bonds is 0. The molecule has 104 valence electrons. The van der Waals surface area contributed by atoms with Gasteiger partial charge in [-0.15, -0.1) is 0 Å². The quantitative estimate of drug-likeness (QED) is 0.683. The number of ether oxygens (including phenoxy) is 1. The Balaban J connectivity index is 2.22. The maximum atomic E-state index is 12.2. The van der Waals surface area contributed by atoms with Crippen molar-refractivity contribution in [2.24, 2.45) is 0 Å². The summed E-state index contributed by atoms with van der Waals surface area (Å²) < 4.78 is 5.43. The lowest BCUT2D eigenvalue weighted by atomic mass is 9.96. The highest BCUT2D eigenvalue weighted by Gasteiger charge is 2.31. The Labute approximate surface area is 118 Å². The summed E-state index contributed by atoms with van der Waals surface area (Å²) in [6, 6.07) is 1.88. The van der Waals surface area contributed by atoms with E-state index in [1.54, 1.807) is 11.1 Å². The minimum Gasteiger partial charge on any atom is -0.444 e. The molecular weight excluding hydrogens is 264 g/mol. The number of amides is 1. The zero-order valence-electron chi connectivity index (χ0n) is 11.7. The van der Waals surface area contributed by atoms with Crippen LogP contribution in [0.1, 0.15) is 44.9 Å². The summed E-state index contributed by atoms with van der Waals surface area (Å²) in [5.74, 6) is 0. The molecule has 1 atom stereocenters. The lowest BCUT2D eigenvalue weighted by Gasteiger charge is -2.36. The summed E-state index contributed by atoms with van der Waals surface area (Å²) in [5, 5.41) is 0.535. The van der Waals surface area contributed by atoms with Crippen LogP contribution in [-0.2, 0) is 11.2 Å². The van der Waals surface area contributed by atoms with Crippen LogP contribution in [0.15, 0.2) is 12.3 Å². The first kappa shape index (κ1) is 14.1. The largest absolute Gasteiger partial charge is 0.444 e. The van der Waals surface area contributed by atoms with Gasteiger partial charge in [0.15, 0.2) is 0 Å². The molecule has 0 aliphatic carbocycles. The first-order valence-electron chi connectivity index (χ1n) is 6.42. The van der Waals surface area contributed by atoms with Gasteiger partial charge in [-0.2, -0.15) is 0 Å². The minimum absolute atomic E-state index is 0.0425. The Kier molecular flexibility index (Phi) is 3.72. The average Bonchev–Trinajstić information content (AvgIpc) is 2.28. The smallest absolute Gasteiger partial charge is 0.410 e. The Morgan fingerprint density at radius 1 is 1.53 bits per heavy atom. The van der Waals surface area contributed by atoms with Crippen LogP contribution in [0.3, 0.4) is 0 Å². The normalized spacial score (nSPS) is 19.0. The third-order valence-electron chi connectivity index (χ3n) is 3.19. The van der Waals surface area contributed by atoms with Crippen LogP contribution in [-0.4, -0.2) is 28.1 Å². The molecule has 0 aromatic carbocycles. The van der Waals surface area contributed by atoms with Crippen LogP contribution in [0.5, 0.6) is 0 Å². The molecule has 0 N–H and O–H groups in total. The fourth-order valence-corrected chi connectivity index (χ4v) is 2.54. The number of carbonyl (C=O) groups is 1. The Morgan fingerprint density at radius 2 is 2.21 bits per heavy atom. The van der Waals surface area contributed by atoms with Gasteiger partial charge in [-0.3, -0.25) is 0 Å². The Morgan fingerprint density at radius 3 is 2.84 bits per heavy atom. The van der Waals surface area contributed by atoms with Crippen LogP contribution >= 0.6 is 11.6 Å². The Hall–Kier alpha value is -1.29. The second-order valence-electron chi connectivity index (χ2n) is 5.77. The summed E-state index contributed by atoms with van der Waals surface area (Å²) in [5.41, 5.74) is 1.61. The molecule has 0 saturated heterocycles. The van der Waals surface area contributed by atoms with E-state index in [4.69, 9.17) is 16.3 Å². The van der Waals surface area contributed by atoms with E-state index in [0.29, 0.717) is 18.1 Å². The standard InChI is InChI=1S/C14H19ClN2O2/c1-9-10-5-7-16-12(15)11(10)6-8-17(9)13(18)19-14(2,3)4/h5,7,9H,6,8H2,1-4H3. The van der Waals surface area contributed by atoms with Gasteiger partial charge in [0.05, 0.1) is 6.04 Å². The number of hydrogen-bond donors (Lipinski definition) is 0. The van der Waals surface area contributed by atoms with Gasteiger partial charge in [0.2, 0.25) is 0 Å². The van der Waals surface area contributed by atoms with Gasteiger partial charge < -0.3 is 9.64 Å². The van der Waals surface area contributed by atoms with Crippen molar-refractivity contribution in [2.75, 3.05) is 6.54 Å². The van der Waals surface area contributed by atoms with Gasteiger partial charge >= 0.3 is 6.09 Å². The molecule has 1 aromatic heterocycles. The van der Waals surface area contributed by atoms with Crippen molar-refractivity contribution in [3.8, 4) is 0 Å². The Bertz CT molecular complexity index is 497. The topological polar surface area (TPSA) is 42.4 Å². The van der Waals surface area contributed by atoms with Crippen LogP contribution < -0.4 is 0 Å². The van der Waals surface area contributed by atoms with Gasteiger partial charge in [-0.25, -0.2) is 9.78 Å². The lowest BCUT2D eigenvalue weighted by molar-refractivity contribution is 0.0159. The lowest BCUT2D eigenvalue weighted by Crippen LogP contribution is -2.42. The molecule has 1 aliphatic heterocycles. The summed E-state index contributed by atoms with van der Waals surface area (Å²) in [6.07, 6.45) is 2.11. The van der Waals surface area contributed by atoms with E-state index in [0.717, 1.165) is 11.1 Å². The molecule has 1 amide bonds. The zero-order chi connectivity index (χ0) is 14.2. The number of hydrogen-bond acceptors (Lipinski definition) is 3. The maximum Gasteiger partial charge on any atom is 0.410 e. The SMILES string of the molecule is CC1c2ccnc(Cl)c2CCN1C(=O)OC(C)(C)C. The van der Waals surface area contributed by atoms with Crippen LogP contribution in [0.4, 0.5) is 4.79 Å². The number of carbonyl (C=O) groups excluding carboxylic acids is 1. The van der Waals surface area contributed by atoms with Crippen LogP contribution in [0.25, 0.3) is 0 Å².